The van der Waals surface area contributed by atoms with Crippen molar-refractivity contribution >= 4 is 16.8 Å². The van der Waals surface area contributed by atoms with Crippen molar-refractivity contribution in [2.24, 2.45) is 0 Å². The number of benzene rings is 3. The number of nitrogens with zero attached hydrogens (tertiary/aromatic N) is 3. The first-order valence-electron chi connectivity index (χ1n) is 13.0. The summed E-state index contributed by atoms with van der Waals surface area (Å²) in [5.74, 6) is -0.235. The van der Waals surface area contributed by atoms with Gasteiger partial charge in [0.05, 0.1) is 11.2 Å². The molecule has 1 aliphatic rings. The molecule has 0 amide bonds. The third kappa shape index (κ3) is 5.35. The fourth-order valence-electron chi connectivity index (χ4n) is 5.11. The quantitative estimate of drug-likeness (QED) is 0.275. The highest BCUT2D eigenvalue weighted by molar-refractivity contribution is 5.87. The van der Waals surface area contributed by atoms with E-state index in [1.165, 1.54) is 29.5 Å². The van der Waals surface area contributed by atoms with E-state index >= 15 is 0 Å². The average molecular weight is 470 g/mol. The lowest BCUT2D eigenvalue weighted by atomic mass is 10.0. The molecule has 1 fully saturated rings. The lowest BCUT2D eigenvalue weighted by molar-refractivity contribution is 0.250. The number of rotatable bonds is 9. The smallest absolute Gasteiger partial charge is 0.405 e. The summed E-state index contributed by atoms with van der Waals surface area (Å²) in [6, 6.07) is 25.6. The van der Waals surface area contributed by atoms with Gasteiger partial charge in [0.1, 0.15) is 0 Å². The summed E-state index contributed by atoms with van der Waals surface area (Å²) in [4.78, 5) is 17.5. The van der Waals surface area contributed by atoms with Crippen LogP contribution in [0, 0.1) is 0 Å². The third-order valence-electron chi connectivity index (χ3n) is 7.06. The van der Waals surface area contributed by atoms with Crippen LogP contribution in [0.5, 0.6) is 0 Å². The summed E-state index contributed by atoms with van der Waals surface area (Å²) in [5.41, 5.74) is 6.56. The fraction of sp³-hybridized carbons (Fsp3) is 0.367. The lowest BCUT2D eigenvalue weighted by Crippen LogP contribution is -2.46. The van der Waals surface area contributed by atoms with Gasteiger partial charge in [-0.15, -0.1) is 0 Å². The minimum absolute atomic E-state index is 0.235. The molecule has 1 saturated heterocycles. The second-order valence-corrected chi connectivity index (χ2v) is 9.54. The Bertz CT molecular complexity index is 1300. The van der Waals surface area contributed by atoms with E-state index in [-0.39, 0.29) is 5.76 Å². The SMILES string of the molecule is CCCCCCn1c(=O)oc2c(N3CCN(Cc4cccc(-c5ccccc5)c4)CC3)cccc21. The number of aryl methyl sites for hydroxylation is 1. The predicted octanol–water partition coefficient (Wildman–Crippen LogP) is 6.16. The number of hydrogen-bond donors (Lipinski definition) is 0. The molecule has 1 aromatic heterocycles. The molecular formula is C30H35N3O2. The van der Waals surface area contributed by atoms with Gasteiger partial charge in [0.15, 0.2) is 5.58 Å². The normalized spacial score (nSPS) is 14.6. The summed E-state index contributed by atoms with van der Waals surface area (Å²) in [6.45, 7) is 7.67. The van der Waals surface area contributed by atoms with Crippen LogP contribution < -0.4 is 10.7 Å². The van der Waals surface area contributed by atoms with E-state index in [0.29, 0.717) is 0 Å². The van der Waals surface area contributed by atoms with Gasteiger partial charge >= 0.3 is 5.76 Å². The highest BCUT2D eigenvalue weighted by Crippen LogP contribution is 2.28. The summed E-state index contributed by atoms with van der Waals surface area (Å²) in [6.07, 6.45) is 4.55. The van der Waals surface area contributed by atoms with Gasteiger partial charge in [0, 0.05) is 39.3 Å². The van der Waals surface area contributed by atoms with Gasteiger partial charge in [-0.2, -0.15) is 0 Å². The van der Waals surface area contributed by atoms with Crippen molar-refractivity contribution in [1.29, 1.82) is 0 Å². The molecule has 0 N–H and O–H groups in total. The van der Waals surface area contributed by atoms with Crippen LogP contribution in [0.3, 0.4) is 0 Å². The molecule has 35 heavy (non-hydrogen) atoms. The highest BCUT2D eigenvalue weighted by atomic mass is 16.4. The van der Waals surface area contributed by atoms with Crippen molar-refractivity contribution < 1.29 is 4.42 Å². The zero-order valence-electron chi connectivity index (χ0n) is 20.7. The van der Waals surface area contributed by atoms with Crippen LogP contribution in [0.4, 0.5) is 5.69 Å². The molecule has 0 aliphatic carbocycles. The van der Waals surface area contributed by atoms with Crippen molar-refractivity contribution in [2.75, 3.05) is 31.1 Å². The Labute approximate surface area is 207 Å². The molecule has 182 valence electrons. The minimum atomic E-state index is -0.235. The lowest BCUT2D eigenvalue weighted by Gasteiger charge is -2.36. The second-order valence-electron chi connectivity index (χ2n) is 9.54. The zero-order chi connectivity index (χ0) is 24.0. The maximum absolute atomic E-state index is 12.6. The number of para-hydroxylation sites is 1. The number of anilines is 1. The molecule has 0 saturated carbocycles. The van der Waals surface area contributed by atoms with Gasteiger partial charge in [0.2, 0.25) is 0 Å². The van der Waals surface area contributed by atoms with Crippen LogP contribution in [0.2, 0.25) is 0 Å². The van der Waals surface area contributed by atoms with E-state index in [4.69, 9.17) is 4.42 Å². The Hall–Kier alpha value is -3.31. The van der Waals surface area contributed by atoms with Crippen LogP contribution in [0.1, 0.15) is 38.2 Å². The third-order valence-corrected chi connectivity index (χ3v) is 7.06. The van der Waals surface area contributed by atoms with E-state index in [1.54, 1.807) is 0 Å². The van der Waals surface area contributed by atoms with Crippen LogP contribution in [-0.2, 0) is 13.1 Å². The zero-order valence-corrected chi connectivity index (χ0v) is 20.7. The molecule has 5 rings (SSSR count). The Kier molecular flexibility index (Phi) is 7.34. The van der Waals surface area contributed by atoms with E-state index in [0.717, 1.165) is 68.9 Å². The summed E-state index contributed by atoms with van der Waals surface area (Å²) >= 11 is 0. The molecule has 0 radical (unpaired) electrons. The predicted molar refractivity (Wildman–Crippen MR) is 144 cm³/mol. The first-order chi connectivity index (χ1) is 17.2. The molecule has 2 heterocycles. The summed E-state index contributed by atoms with van der Waals surface area (Å²) < 4.78 is 7.58. The highest BCUT2D eigenvalue weighted by Gasteiger charge is 2.22. The van der Waals surface area contributed by atoms with Gasteiger partial charge in [-0.3, -0.25) is 9.47 Å². The molecule has 0 spiro atoms. The van der Waals surface area contributed by atoms with Gasteiger partial charge in [-0.1, -0.05) is 80.8 Å². The number of aromatic nitrogens is 1. The average Bonchev–Trinajstić information content (AvgIpc) is 3.23. The molecule has 0 unspecified atom stereocenters. The molecular weight excluding hydrogens is 434 g/mol. The van der Waals surface area contributed by atoms with Crippen LogP contribution in [0.25, 0.3) is 22.2 Å². The fourth-order valence-corrected chi connectivity index (χ4v) is 5.11. The molecule has 4 aromatic rings. The molecule has 0 atom stereocenters. The Morgan fingerprint density at radius 1 is 0.800 bits per heavy atom. The van der Waals surface area contributed by atoms with Crippen molar-refractivity contribution in [3.63, 3.8) is 0 Å². The number of piperazine rings is 1. The van der Waals surface area contributed by atoms with Gasteiger partial charge < -0.3 is 9.32 Å². The first-order valence-corrected chi connectivity index (χ1v) is 13.0. The first kappa shape index (κ1) is 23.4. The van der Waals surface area contributed by atoms with E-state index in [9.17, 15) is 4.79 Å². The van der Waals surface area contributed by atoms with Gasteiger partial charge in [0.25, 0.3) is 0 Å². The number of unbranched alkanes of at least 4 members (excludes halogenated alkanes) is 3. The number of hydrogen-bond acceptors (Lipinski definition) is 4. The van der Waals surface area contributed by atoms with Crippen LogP contribution in [0.15, 0.2) is 82.0 Å². The van der Waals surface area contributed by atoms with E-state index in [2.05, 4.69) is 83.5 Å². The van der Waals surface area contributed by atoms with Crippen molar-refractivity contribution in [2.45, 2.75) is 45.7 Å². The van der Waals surface area contributed by atoms with E-state index < -0.39 is 0 Å². The molecule has 5 nitrogen and oxygen atoms in total. The number of oxazole rings is 1. The standard InChI is InChI=1S/C30H35N3O2/c1-2-3-4-8-17-33-28-16-10-15-27(29(28)35-30(33)34)32-20-18-31(19-21-32)23-24-11-9-14-26(22-24)25-12-6-5-7-13-25/h5-7,9-16,22H,2-4,8,17-21,23H2,1H3. The Morgan fingerprint density at radius 3 is 2.37 bits per heavy atom. The van der Waals surface area contributed by atoms with Gasteiger partial charge in [-0.05, 0) is 41.3 Å². The summed E-state index contributed by atoms with van der Waals surface area (Å²) in [5, 5.41) is 0. The number of fused-ring (bicyclic) bond motifs is 1. The molecule has 5 heteroatoms. The minimum Gasteiger partial charge on any atom is -0.405 e. The maximum Gasteiger partial charge on any atom is 0.420 e. The largest absolute Gasteiger partial charge is 0.420 e. The van der Waals surface area contributed by atoms with Crippen LogP contribution in [-0.4, -0.2) is 35.6 Å². The van der Waals surface area contributed by atoms with Crippen molar-refractivity contribution in [3.05, 3.63) is 88.9 Å². The second kappa shape index (κ2) is 11.0. The Balaban J connectivity index is 1.24. The Morgan fingerprint density at radius 2 is 1.57 bits per heavy atom. The van der Waals surface area contributed by atoms with Crippen molar-refractivity contribution in [1.82, 2.24) is 9.47 Å². The monoisotopic (exact) mass is 469 g/mol. The molecule has 1 aliphatic heterocycles. The summed E-state index contributed by atoms with van der Waals surface area (Å²) in [7, 11) is 0. The van der Waals surface area contributed by atoms with Crippen LogP contribution >= 0.6 is 0 Å². The molecule has 0 bridgehead atoms. The topological polar surface area (TPSA) is 41.6 Å². The molecule has 3 aromatic carbocycles. The maximum atomic E-state index is 12.6. The van der Waals surface area contributed by atoms with Gasteiger partial charge in [-0.25, -0.2) is 4.79 Å². The van der Waals surface area contributed by atoms with E-state index in [1.807, 2.05) is 10.6 Å². The van der Waals surface area contributed by atoms with Crippen molar-refractivity contribution in [3.8, 4) is 11.1 Å².